The number of amides is 1. The lowest BCUT2D eigenvalue weighted by molar-refractivity contribution is -0.162. The van der Waals surface area contributed by atoms with Crippen LogP contribution in [0.15, 0.2) is 42.5 Å². The molecule has 1 aromatic rings. The van der Waals surface area contributed by atoms with Gasteiger partial charge >= 0.3 is 11.9 Å². The second-order valence-electron chi connectivity index (χ2n) is 4.40. The van der Waals surface area contributed by atoms with E-state index in [1.54, 1.807) is 30.3 Å². The van der Waals surface area contributed by atoms with Crippen LogP contribution in [0.1, 0.15) is 30.1 Å². The van der Waals surface area contributed by atoms with Gasteiger partial charge in [0.1, 0.15) is 0 Å². The van der Waals surface area contributed by atoms with Crippen LogP contribution in [0.5, 0.6) is 0 Å². The number of carbonyl (C=O) groups excluding carboxylic acids is 3. The smallest absolute Gasteiger partial charge is 0.363 e. The second-order valence-corrected chi connectivity index (χ2v) is 4.40. The molecule has 0 aliphatic heterocycles. The summed E-state index contributed by atoms with van der Waals surface area (Å²) in [4.78, 5) is 40.1. The summed E-state index contributed by atoms with van der Waals surface area (Å²) in [5, 5.41) is 0.943. The second kappa shape index (κ2) is 9.33. The molecule has 0 bridgehead atoms. The van der Waals surface area contributed by atoms with E-state index in [4.69, 9.17) is 4.84 Å². The number of nitrogens with zero attached hydrogens (tertiary/aromatic N) is 1. The van der Waals surface area contributed by atoms with E-state index < -0.39 is 17.8 Å². The van der Waals surface area contributed by atoms with Gasteiger partial charge in [0.25, 0.3) is 5.91 Å². The van der Waals surface area contributed by atoms with E-state index in [2.05, 4.69) is 4.74 Å². The first-order valence-electron chi connectivity index (χ1n) is 6.93. The molecule has 0 saturated carbocycles. The normalized spacial score (nSPS) is 10.3. The summed E-state index contributed by atoms with van der Waals surface area (Å²) in [5.74, 6) is -1.88. The third kappa shape index (κ3) is 5.78. The highest BCUT2D eigenvalue weighted by Crippen LogP contribution is 2.06. The predicted molar refractivity (Wildman–Crippen MR) is 79.6 cm³/mol. The lowest BCUT2D eigenvalue weighted by atomic mass is 10.2. The SMILES string of the molecule is CCCCN(OC(=O)c1ccccc1)C(=O)/C=C/C(=O)OC. The lowest BCUT2D eigenvalue weighted by Gasteiger charge is -2.19. The Morgan fingerprint density at radius 2 is 1.82 bits per heavy atom. The van der Waals surface area contributed by atoms with Crippen molar-refractivity contribution in [2.24, 2.45) is 0 Å². The molecule has 0 unspecified atom stereocenters. The summed E-state index contributed by atoms with van der Waals surface area (Å²) >= 11 is 0. The van der Waals surface area contributed by atoms with Crippen LogP contribution in [0.25, 0.3) is 0 Å². The molecule has 1 rings (SSSR count). The molecule has 22 heavy (non-hydrogen) atoms. The van der Waals surface area contributed by atoms with E-state index in [0.717, 1.165) is 23.6 Å². The molecule has 0 atom stereocenters. The van der Waals surface area contributed by atoms with Gasteiger partial charge in [-0.3, -0.25) is 4.79 Å². The molecule has 1 aromatic carbocycles. The van der Waals surface area contributed by atoms with Crippen molar-refractivity contribution in [2.45, 2.75) is 19.8 Å². The van der Waals surface area contributed by atoms with Crippen LogP contribution in [-0.4, -0.2) is 36.6 Å². The fourth-order valence-electron chi connectivity index (χ4n) is 1.52. The molecule has 1 amide bonds. The average molecular weight is 305 g/mol. The molecule has 0 heterocycles. The summed E-state index contributed by atoms with van der Waals surface area (Å²) in [5.41, 5.74) is 0.341. The van der Waals surface area contributed by atoms with Crippen LogP contribution in [0, 0.1) is 0 Å². The van der Waals surface area contributed by atoms with Crippen LogP contribution >= 0.6 is 0 Å². The maximum atomic E-state index is 12.0. The molecule has 0 radical (unpaired) electrons. The topological polar surface area (TPSA) is 72.9 Å². The van der Waals surface area contributed by atoms with Crippen LogP contribution in [0.3, 0.4) is 0 Å². The summed E-state index contributed by atoms with van der Waals surface area (Å²) in [6.07, 6.45) is 3.49. The highest BCUT2D eigenvalue weighted by Gasteiger charge is 2.17. The molecule has 0 spiro atoms. The van der Waals surface area contributed by atoms with Crippen LogP contribution < -0.4 is 0 Å². The molecular formula is C16H19NO5. The minimum absolute atomic E-state index is 0.249. The molecule has 0 aliphatic carbocycles. The van der Waals surface area contributed by atoms with Gasteiger partial charge < -0.3 is 9.57 Å². The Labute approximate surface area is 129 Å². The first-order chi connectivity index (χ1) is 10.6. The van der Waals surface area contributed by atoms with Crippen molar-refractivity contribution in [1.82, 2.24) is 5.06 Å². The number of hydrogen-bond donors (Lipinski definition) is 0. The zero-order valence-electron chi connectivity index (χ0n) is 12.7. The van der Waals surface area contributed by atoms with Gasteiger partial charge in [0.2, 0.25) is 0 Å². The van der Waals surface area contributed by atoms with Gasteiger partial charge in [-0.2, -0.15) is 5.06 Å². The van der Waals surface area contributed by atoms with Gasteiger partial charge in [0, 0.05) is 12.2 Å². The fourth-order valence-corrected chi connectivity index (χ4v) is 1.52. The minimum atomic E-state index is -0.654. The third-order valence-electron chi connectivity index (χ3n) is 2.73. The number of unbranched alkanes of at least 4 members (excludes halogenated alkanes) is 1. The number of hydrogen-bond acceptors (Lipinski definition) is 5. The van der Waals surface area contributed by atoms with Crippen molar-refractivity contribution in [1.29, 1.82) is 0 Å². The van der Waals surface area contributed by atoms with Crippen molar-refractivity contribution in [3.63, 3.8) is 0 Å². The molecular weight excluding hydrogens is 286 g/mol. The molecule has 118 valence electrons. The van der Waals surface area contributed by atoms with Gasteiger partial charge in [0.15, 0.2) is 0 Å². The van der Waals surface area contributed by atoms with Crippen molar-refractivity contribution in [2.75, 3.05) is 13.7 Å². The summed E-state index contributed by atoms with van der Waals surface area (Å²) in [6, 6.07) is 8.36. The number of methoxy groups -OCH3 is 1. The Hall–Kier alpha value is -2.63. The summed E-state index contributed by atoms with van der Waals surface area (Å²) in [7, 11) is 1.21. The Balaban J connectivity index is 2.75. The van der Waals surface area contributed by atoms with Crippen molar-refractivity contribution in [3.8, 4) is 0 Å². The van der Waals surface area contributed by atoms with Crippen molar-refractivity contribution < 1.29 is 24.0 Å². The molecule has 6 heteroatoms. The Bertz CT molecular complexity index is 539. The van der Waals surface area contributed by atoms with Crippen LogP contribution in [0.4, 0.5) is 0 Å². The lowest BCUT2D eigenvalue weighted by Crippen LogP contribution is -2.33. The molecule has 0 N–H and O–H groups in total. The monoisotopic (exact) mass is 305 g/mol. The predicted octanol–water partition coefficient (Wildman–Crippen LogP) is 2.12. The maximum absolute atomic E-state index is 12.0. The van der Waals surface area contributed by atoms with Gasteiger partial charge in [-0.25, -0.2) is 9.59 Å². The Kier molecular flexibility index (Phi) is 7.39. The van der Waals surface area contributed by atoms with E-state index in [-0.39, 0.29) is 6.54 Å². The molecule has 0 aromatic heterocycles. The van der Waals surface area contributed by atoms with Crippen molar-refractivity contribution in [3.05, 3.63) is 48.0 Å². The van der Waals surface area contributed by atoms with E-state index >= 15 is 0 Å². The summed E-state index contributed by atoms with van der Waals surface area (Å²) in [6.45, 7) is 2.20. The zero-order chi connectivity index (χ0) is 16.4. The van der Waals surface area contributed by atoms with Gasteiger partial charge in [0.05, 0.1) is 19.2 Å². The van der Waals surface area contributed by atoms with Gasteiger partial charge in [-0.15, -0.1) is 0 Å². The van der Waals surface area contributed by atoms with Crippen molar-refractivity contribution >= 4 is 17.8 Å². The Morgan fingerprint density at radius 1 is 1.14 bits per heavy atom. The molecule has 0 aliphatic rings. The van der Waals surface area contributed by atoms with E-state index in [1.807, 2.05) is 6.92 Å². The van der Waals surface area contributed by atoms with E-state index in [0.29, 0.717) is 12.0 Å². The first kappa shape index (κ1) is 17.4. The van der Waals surface area contributed by atoms with E-state index in [9.17, 15) is 14.4 Å². The number of carbonyl (C=O) groups is 3. The van der Waals surface area contributed by atoms with Crippen LogP contribution in [-0.2, 0) is 19.2 Å². The number of esters is 1. The third-order valence-corrected chi connectivity index (χ3v) is 2.73. The molecule has 6 nitrogen and oxygen atoms in total. The summed E-state index contributed by atoms with van der Waals surface area (Å²) < 4.78 is 4.41. The highest BCUT2D eigenvalue weighted by molar-refractivity contribution is 5.95. The molecule has 0 saturated heterocycles. The van der Waals surface area contributed by atoms with Crippen LogP contribution in [0.2, 0.25) is 0 Å². The fraction of sp³-hybridized carbons (Fsp3) is 0.312. The maximum Gasteiger partial charge on any atom is 0.363 e. The number of hydroxylamine groups is 2. The number of rotatable bonds is 6. The average Bonchev–Trinajstić information content (AvgIpc) is 2.56. The zero-order valence-corrected chi connectivity index (χ0v) is 12.7. The largest absolute Gasteiger partial charge is 0.466 e. The quantitative estimate of drug-likeness (QED) is 0.457. The standard InChI is InChI=1S/C16H19NO5/c1-3-4-12-17(14(18)10-11-15(19)21-2)22-16(20)13-8-6-5-7-9-13/h5-11H,3-4,12H2,1-2H3/b11-10+. The van der Waals surface area contributed by atoms with E-state index in [1.165, 1.54) is 7.11 Å². The number of ether oxygens (including phenoxy) is 1. The molecule has 0 fully saturated rings. The van der Waals surface area contributed by atoms with Gasteiger partial charge in [-0.1, -0.05) is 31.5 Å². The number of benzene rings is 1. The highest BCUT2D eigenvalue weighted by atomic mass is 16.7. The minimum Gasteiger partial charge on any atom is -0.466 e. The van der Waals surface area contributed by atoms with Gasteiger partial charge in [-0.05, 0) is 18.6 Å². The Morgan fingerprint density at radius 3 is 2.41 bits per heavy atom. The first-order valence-corrected chi connectivity index (χ1v) is 6.93.